The Kier molecular flexibility index (Phi) is 2.40. The minimum Gasteiger partial charge on any atom is -0.328 e. The predicted molar refractivity (Wildman–Crippen MR) is 70.7 cm³/mol. The topological polar surface area (TPSA) is 38.5 Å². The van der Waals surface area contributed by atoms with Gasteiger partial charge in [0.2, 0.25) is 0 Å². The fourth-order valence-electron chi connectivity index (χ4n) is 2.65. The molecule has 4 nitrogen and oxygen atoms in total. The Balaban J connectivity index is 2.26. The molecule has 1 aliphatic rings. The van der Waals surface area contributed by atoms with Crippen LogP contribution in [0.3, 0.4) is 0 Å². The Hall–Kier alpha value is -1.10. The molecule has 0 amide bonds. The quantitative estimate of drug-likeness (QED) is 0.851. The molecule has 2 aromatic heterocycles. The van der Waals surface area contributed by atoms with E-state index in [1.54, 1.807) is 0 Å². The number of hydrogen-bond donors (Lipinski definition) is 1. The standard InChI is InChI=1S/C12H18N4S/c1-4-9-10-11(15(3)14-9)16(12(17)13-10)7(2)8-5-6-8/h7-8H,4-6H2,1-3H3,(H,13,17). The molecule has 2 aromatic rings. The van der Waals surface area contributed by atoms with Gasteiger partial charge >= 0.3 is 0 Å². The summed E-state index contributed by atoms with van der Waals surface area (Å²) in [5, 5.41) is 4.55. The molecule has 1 aliphatic carbocycles. The number of nitrogens with one attached hydrogen (secondary N) is 1. The fraction of sp³-hybridized carbons (Fsp3) is 0.667. The van der Waals surface area contributed by atoms with Gasteiger partial charge in [-0.15, -0.1) is 0 Å². The Morgan fingerprint density at radius 3 is 2.82 bits per heavy atom. The smallest absolute Gasteiger partial charge is 0.179 e. The Labute approximate surface area is 106 Å². The number of fused-ring (bicyclic) bond motifs is 1. The molecular formula is C12H18N4S. The summed E-state index contributed by atoms with van der Waals surface area (Å²) in [7, 11) is 2.00. The average Bonchev–Trinajstić information content (AvgIpc) is 3.03. The Bertz CT molecular complexity index is 614. The molecule has 5 heteroatoms. The summed E-state index contributed by atoms with van der Waals surface area (Å²) in [6, 6.07) is 0.483. The minimum absolute atomic E-state index is 0.483. The largest absolute Gasteiger partial charge is 0.328 e. The SMILES string of the molecule is CCc1nn(C)c2c1[nH]c(=S)n2C(C)C1CC1. The van der Waals surface area contributed by atoms with Gasteiger partial charge in [-0.1, -0.05) is 6.92 Å². The monoisotopic (exact) mass is 250 g/mol. The van der Waals surface area contributed by atoms with Gasteiger partial charge in [-0.05, 0) is 44.3 Å². The van der Waals surface area contributed by atoms with Gasteiger partial charge in [0.1, 0.15) is 5.52 Å². The number of nitrogens with zero attached hydrogens (tertiary/aromatic N) is 3. The van der Waals surface area contributed by atoms with Crippen LogP contribution in [-0.4, -0.2) is 19.3 Å². The van der Waals surface area contributed by atoms with Gasteiger partial charge < -0.3 is 4.98 Å². The van der Waals surface area contributed by atoms with Gasteiger partial charge in [-0.2, -0.15) is 5.10 Å². The van der Waals surface area contributed by atoms with E-state index < -0.39 is 0 Å². The van der Waals surface area contributed by atoms with Gasteiger partial charge in [0, 0.05) is 13.1 Å². The van der Waals surface area contributed by atoms with E-state index in [4.69, 9.17) is 12.2 Å². The van der Waals surface area contributed by atoms with E-state index in [0.717, 1.165) is 34.0 Å². The number of aromatic nitrogens is 4. The van der Waals surface area contributed by atoms with Crippen LogP contribution in [-0.2, 0) is 13.5 Å². The molecular weight excluding hydrogens is 232 g/mol. The van der Waals surface area contributed by atoms with Crippen LogP contribution in [0.1, 0.15) is 38.4 Å². The highest BCUT2D eigenvalue weighted by Crippen LogP contribution is 2.40. The number of imidazole rings is 1. The van der Waals surface area contributed by atoms with E-state index >= 15 is 0 Å². The summed E-state index contributed by atoms with van der Waals surface area (Å²) < 4.78 is 5.04. The second-order valence-electron chi connectivity index (χ2n) is 5.00. The van der Waals surface area contributed by atoms with Crippen LogP contribution in [0.4, 0.5) is 0 Å². The van der Waals surface area contributed by atoms with E-state index in [9.17, 15) is 0 Å². The van der Waals surface area contributed by atoms with E-state index in [-0.39, 0.29) is 0 Å². The summed E-state index contributed by atoms with van der Waals surface area (Å²) in [6.45, 7) is 4.39. The summed E-state index contributed by atoms with van der Waals surface area (Å²) in [6.07, 6.45) is 3.59. The molecule has 0 spiro atoms. The summed E-state index contributed by atoms with van der Waals surface area (Å²) >= 11 is 5.46. The second kappa shape index (κ2) is 3.70. The van der Waals surface area contributed by atoms with E-state index in [1.165, 1.54) is 12.8 Å². The molecule has 1 saturated carbocycles. The third-order valence-electron chi connectivity index (χ3n) is 3.81. The molecule has 1 unspecified atom stereocenters. The molecule has 0 aliphatic heterocycles. The number of aromatic amines is 1. The number of rotatable bonds is 3. The van der Waals surface area contributed by atoms with Crippen LogP contribution in [0.2, 0.25) is 0 Å². The van der Waals surface area contributed by atoms with E-state index in [2.05, 4.69) is 28.5 Å². The normalized spacial score (nSPS) is 17.8. The number of H-pyrrole nitrogens is 1. The van der Waals surface area contributed by atoms with Crippen LogP contribution in [0.15, 0.2) is 0 Å². The van der Waals surface area contributed by atoms with Gasteiger partial charge in [0.05, 0.1) is 5.69 Å². The maximum atomic E-state index is 5.46. The summed E-state index contributed by atoms with van der Waals surface area (Å²) in [5.41, 5.74) is 3.37. The lowest BCUT2D eigenvalue weighted by Crippen LogP contribution is -2.10. The highest BCUT2D eigenvalue weighted by atomic mass is 32.1. The van der Waals surface area contributed by atoms with Gasteiger partial charge in [0.15, 0.2) is 10.4 Å². The Morgan fingerprint density at radius 1 is 1.53 bits per heavy atom. The Morgan fingerprint density at radius 2 is 2.24 bits per heavy atom. The average molecular weight is 250 g/mol. The first-order valence-electron chi connectivity index (χ1n) is 6.29. The van der Waals surface area contributed by atoms with Crippen molar-refractivity contribution in [1.29, 1.82) is 0 Å². The van der Waals surface area contributed by atoms with E-state index in [1.807, 2.05) is 11.7 Å². The molecule has 1 atom stereocenters. The molecule has 17 heavy (non-hydrogen) atoms. The van der Waals surface area contributed by atoms with Crippen molar-refractivity contribution < 1.29 is 0 Å². The lowest BCUT2D eigenvalue weighted by molar-refractivity contribution is 0.483. The van der Waals surface area contributed by atoms with Crippen molar-refractivity contribution in [3.63, 3.8) is 0 Å². The first-order valence-corrected chi connectivity index (χ1v) is 6.70. The molecule has 0 aromatic carbocycles. The lowest BCUT2D eigenvalue weighted by atomic mass is 10.2. The zero-order chi connectivity index (χ0) is 12.2. The van der Waals surface area contributed by atoms with E-state index in [0.29, 0.717) is 6.04 Å². The second-order valence-corrected chi connectivity index (χ2v) is 5.39. The predicted octanol–water partition coefficient (Wildman–Crippen LogP) is 2.97. The van der Waals surface area contributed by atoms with Gasteiger partial charge in [0.25, 0.3) is 0 Å². The van der Waals surface area contributed by atoms with Crippen LogP contribution < -0.4 is 0 Å². The van der Waals surface area contributed by atoms with Crippen molar-refractivity contribution in [2.45, 2.75) is 39.2 Å². The van der Waals surface area contributed by atoms with Crippen LogP contribution in [0.25, 0.3) is 11.2 Å². The zero-order valence-electron chi connectivity index (χ0n) is 10.5. The van der Waals surface area contributed by atoms with Crippen LogP contribution in [0.5, 0.6) is 0 Å². The third kappa shape index (κ3) is 1.56. The third-order valence-corrected chi connectivity index (χ3v) is 4.11. The summed E-state index contributed by atoms with van der Waals surface area (Å²) in [5.74, 6) is 0.792. The van der Waals surface area contributed by atoms with Gasteiger partial charge in [-0.3, -0.25) is 9.25 Å². The van der Waals surface area contributed by atoms with Crippen molar-refractivity contribution in [3.8, 4) is 0 Å². The molecule has 92 valence electrons. The van der Waals surface area contributed by atoms with Crippen LogP contribution >= 0.6 is 12.2 Å². The minimum atomic E-state index is 0.483. The molecule has 1 N–H and O–H groups in total. The molecule has 3 rings (SSSR count). The maximum Gasteiger partial charge on any atom is 0.179 e. The molecule has 0 radical (unpaired) electrons. The highest BCUT2D eigenvalue weighted by molar-refractivity contribution is 7.71. The van der Waals surface area contributed by atoms with Gasteiger partial charge in [-0.25, -0.2) is 0 Å². The summed E-state index contributed by atoms with van der Waals surface area (Å²) in [4.78, 5) is 3.33. The van der Waals surface area contributed by atoms with Crippen molar-refractivity contribution in [2.75, 3.05) is 0 Å². The molecule has 0 saturated heterocycles. The lowest BCUT2D eigenvalue weighted by Gasteiger charge is -2.13. The number of hydrogen-bond acceptors (Lipinski definition) is 2. The molecule has 0 bridgehead atoms. The van der Waals surface area contributed by atoms with Crippen LogP contribution in [0, 0.1) is 10.7 Å². The molecule has 2 heterocycles. The zero-order valence-corrected chi connectivity index (χ0v) is 11.3. The maximum absolute atomic E-state index is 5.46. The first kappa shape index (κ1) is 11.0. The first-order chi connectivity index (χ1) is 8.13. The van der Waals surface area contributed by atoms with Crippen molar-refractivity contribution >= 4 is 23.4 Å². The fourth-order valence-corrected chi connectivity index (χ4v) is 3.01. The highest BCUT2D eigenvalue weighted by Gasteiger charge is 2.31. The number of aryl methyl sites for hydroxylation is 2. The van der Waals surface area contributed by atoms with Crippen molar-refractivity contribution in [1.82, 2.24) is 19.3 Å². The van der Waals surface area contributed by atoms with Crippen molar-refractivity contribution in [2.24, 2.45) is 13.0 Å². The van der Waals surface area contributed by atoms with Crippen molar-refractivity contribution in [3.05, 3.63) is 10.5 Å². The molecule has 1 fully saturated rings.